The van der Waals surface area contributed by atoms with E-state index in [1.165, 1.54) is 11.2 Å². The zero-order chi connectivity index (χ0) is 20.9. The molecule has 0 unspecified atom stereocenters. The van der Waals surface area contributed by atoms with Gasteiger partial charge in [-0.05, 0) is 30.4 Å². The molecule has 2 aliphatic heterocycles. The predicted octanol–water partition coefficient (Wildman–Crippen LogP) is 2.14. The molecule has 1 aromatic heterocycles. The van der Waals surface area contributed by atoms with Crippen molar-refractivity contribution >= 4 is 18.0 Å². The summed E-state index contributed by atoms with van der Waals surface area (Å²) in [6.45, 7) is 3.23. The molecule has 9 nitrogen and oxygen atoms in total. The van der Waals surface area contributed by atoms with Crippen LogP contribution in [-0.2, 0) is 11.3 Å². The van der Waals surface area contributed by atoms with Gasteiger partial charge in [0.15, 0.2) is 5.69 Å². The minimum atomic E-state index is -0.317. The molecule has 0 saturated carbocycles. The van der Waals surface area contributed by atoms with Crippen LogP contribution in [0.3, 0.4) is 0 Å². The normalized spacial score (nSPS) is 17.2. The summed E-state index contributed by atoms with van der Waals surface area (Å²) in [5.74, 6) is 0.0852. The van der Waals surface area contributed by atoms with Crippen LogP contribution in [0.15, 0.2) is 34.9 Å². The summed E-state index contributed by atoms with van der Waals surface area (Å²) in [5, 5.41) is 12.1. The Balaban J connectivity index is 1.36. The van der Waals surface area contributed by atoms with Gasteiger partial charge in [0.2, 0.25) is 0 Å². The highest BCUT2D eigenvalue weighted by Crippen LogP contribution is 2.22. The number of hydrogen-bond donors (Lipinski definition) is 1. The van der Waals surface area contributed by atoms with Crippen LogP contribution in [0, 0.1) is 17.2 Å². The summed E-state index contributed by atoms with van der Waals surface area (Å²) in [6, 6.07) is 9.18. The molecule has 0 spiro atoms. The van der Waals surface area contributed by atoms with Crippen molar-refractivity contribution in [2.45, 2.75) is 19.4 Å². The molecule has 3 heterocycles. The first kappa shape index (κ1) is 19.9. The number of carbonyl (C=O) groups is 2. The van der Waals surface area contributed by atoms with Gasteiger partial charge < -0.3 is 19.4 Å². The summed E-state index contributed by atoms with van der Waals surface area (Å²) in [7, 11) is 0. The van der Waals surface area contributed by atoms with Crippen LogP contribution < -0.4 is 10.2 Å². The summed E-state index contributed by atoms with van der Waals surface area (Å²) in [4.78, 5) is 32.4. The number of amides is 3. The second-order valence-corrected chi connectivity index (χ2v) is 7.41. The Kier molecular flexibility index (Phi) is 5.95. The first-order valence-electron chi connectivity index (χ1n) is 10.0. The van der Waals surface area contributed by atoms with Crippen LogP contribution in [-0.4, -0.2) is 54.7 Å². The molecule has 0 radical (unpaired) electrons. The fourth-order valence-corrected chi connectivity index (χ4v) is 3.65. The molecular formula is C21H23N5O4. The number of urea groups is 1. The Hall–Kier alpha value is -3.38. The maximum absolute atomic E-state index is 12.8. The summed E-state index contributed by atoms with van der Waals surface area (Å²) in [5.41, 5.74) is 1.48. The predicted molar refractivity (Wildman–Crippen MR) is 107 cm³/mol. The van der Waals surface area contributed by atoms with Gasteiger partial charge in [0.1, 0.15) is 6.26 Å². The van der Waals surface area contributed by atoms with Gasteiger partial charge in [-0.15, -0.1) is 0 Å². The lowest BCUT2D eigenvalue weighted by atomic mass is 10.0. The van der Waals surface area contributed by atoms with Crippen molar-refractivity contribution in [3.8, 4) is 6.07 Å². The van der Waals surface area contributed by atoms with Crippen LogP contribution in [0.1, 0.15) is 34.5 Å². The molecule has 2 saturated heterocycles. The Morgan fingerprint density at radius 2 is 2.07 bits per heavy atom. The van der Waals surface area contributed by atoms with Crippen LogP contribution in [0.25, 0.3) is 0 Å². The largest absolute Gasteiger partial charge is 0.431 e. The average molecular weight is 409 g/mol. The summed E-state index contributed by atoms with van der Waals surface area (Å²) >= 11 is 0. The first-order valence-corrected chi connectivity index (χ1v) is 10.0. The fraction of sp³-hybridized carbons (Fsp3) is 0.429. The van der Waals surface area contributed by atoms with Gasteiger partial charge in [0.05, 0.1) is 11.6 Å². The van der Waals surface area contributed by atoms with E-state index in [9.17, 15) is 14.9 Å². The third-order valence-corrected chi connectivity index (χ3v) is 5.44. The average Bonchev–Trinajstić information content (AvgIpc) is 3.40. The van der Waals surface area contributed by atoms with Crippen molar-refractivity contribution < 1.29 is 18.7 Å². The maximum atomic E-state index is 12.8. The molecular weight excluding hydrogens is 386 g/mol. The minimum Gasteiger partial charge on any atom is -0.431 e. The monoisotopic (exact) mass is 409 g/mol. The number of benzene rings is 1. The lowest BCUT2D eigenvalue weighted by molar-refractivity contribution is 0.0642. The molecule has 4 rings (SSSR count). The topological polar surface area (TPSA) is 112 Å². The maximum Gasteiger partial charge on any atom is 0.328 e. The molecule has 3 amide bonds. The number of rotatable bonds is 6. The Morgan fingerprint density at radius 3 is 2.87 bits per heavy atom. The van der Waals surface area contributed by atoms with Gasteiger partial charge in [-0.3, -0.25) is 4.79 Å². The van der Waals surface area contributed by atoms with E-state index in [0.29, 0.717) is 37.7 Å². The molecule has 2 aliphatic rings. The van der Waals surface area contributed by atoms with E-state index in [-0.39, 0.29) is 23.6 Å². The molecule has 2 fully saturated rings. The number of oxazole rings is 1. The third-order valence-electron chi connectivity index (χ3n) is 5.44. The van der Waals surface area contributed by atoms with Gasteiger partial charge >= 0.3 is 12.0 Å². The molecule has 0 bridgehead atoms. The number of aromatic nitrogens is 1. The van der Waals surface area contributed by atoms with Crippen LogP contribution in [0.2, 0.25) is 0 Å². The SMILES string of the molecule is N#Cc1ccccc1CN1CCN(c2nc(C(=O)NCC3CCOCC3)co2)C1=O. The van der Waals surface area contributed by atoms with Crippen molar-refractivity contribution in [3.05, 3.63) is 47.3 Å². The van der Waals surface area contributed by atoms with Gasteiger partial charge in [-0.25, -0.2) is 9.69 Å². The summed E-state index contributed by atoms with van der Waals surface area (Å²) < 4.78 is 10.7. The van der Waals surface area contributed by atoms with Gasteiger partial charge in [-0.1, -0.05) is 18.2 Å². The van der Waals surface area contributed by atoms with E-state index in [2.05, 4.69) is 16.4 Å². The number of ether oxygens (including phenoxy) is 1. The van der Waals surface area contributed by atoms with Crippen molar-refractivity contribution in [1.29, 1.82) is 5.26 Å². The van der Waals surface area contributed by atoms with E-state index in [1.54, 1.807) is 17.0 Å². The molecule has 30 heavy (non-hydrogen) atoms. The number of hydrogen-bond acceptors (Lipinski definition) is 6. The highest BCUT2D eigenvalue weighted by molar-refractivity contribution is 5.94. The standard InChI is InChI=1S/C21H23N5O4/c22-11-16-3-1-2-4-17(16)13-25-7-8-26(21(25)28)20-24-18(14-30-20)19(27)23-12-15-5-9-29-10-6-15/h1-4,14-15H,5-10,12-13H2,(H,23,27). The van der Waals surface area contributed by atoms with E-state index < -0.39 is 0 Å². The lowest BCUT2D eigenvalue weighted by Crippen LogP contribution is -2.33. The molecule has 0 aliphatic carbocycles. The Bertz CT molecular complexity index is 960. The van der Waals surface area contributed by atoms with Crippen molar-refractivity contribution in [1.82, 2.24) is 15.2 Å². The van der Waals surface area contributed by atoms with Gasteiger partial charge in [-0.2, -0.15) is 10.2 Å². The van der Waals surface area contributed by atoms with Crippen LogP contribution in [0.5, 0.6) is 0 Å². The molecule has 156 valence electrons. The number of anilines is 1. The highest BCUT2D eigenvalue weighted by Gasteiger charge is 2.33. The van der Waals surface area contributed by atoms with Gasteiger partial charge in [0.25, 0.3) is 5.91 Å². The number of nitrogens with zero attached hydrogens (tertiary/aromatic N) is 4. The lowest BCUT2D eigenvalue weighted by Gasteiger charge is -2.21. The van der Waals surface area contributed by atoms with Crippen LogP contribution >= 0.6 is 0 Å². The van der Waals surface area contributed by atoms with E-state index in [4.69, 9.17) is 9.15 Å². The van der Waals surface area contributed by atoms with E-state index in [0.717, 1.165) is 31.6 Å². The second-order valence-electron chi connectivity index (χ2n) is 7.41. The van der Waals surface area contributed by atoms with E-state index >= 15 is 0 Å². The number of nitriles is 1. The second kappa shape index (κ2) is 8.97. The molecule has 0 atom stereocenters. The van der Waals surface area contributed by atoms with Gasteiger partial charge in [0, 0.05) is 39.4 Å². The Morgan fingerprint density at radius 1 is 1.27 bits per heavy atom. The fourth-order valence-electron chi connectivity index (χ4n) is 3.65. The quantitative estimate of drug-likeness (QED) is 0.782. The molecule has 1 aromatic carbocycles. The Labute approximate surface area is 174 Å². The smallest absolute Gasteiger partial charge is 0.328 e. The van der Waals surface area contributed by atoms with E-state index in [1.807, 2.05) is 12.1 Å². The van der Waals surface area contributed by atoms with Crippen molar-refractivity contribution in [2.75, 3.05) is 37.7 Å². The molecule has 2 aromatic rings. The van der Waals surface area contributed by atoms with Crippen molar-refractivity contribution in [3.63, 3.8) is 0 Å². The zero-order valence-electron chi connectivity index (χ0n) is 16.5. The minimum absolute atomic E-state index is 0.104. The first-order chi connectivity index (χ1) is 14.7. The number of nitrogens with one attached hydrogen (secondary N) is 1. The summed E-state index contributed by atoms with van der Waals surface area (Å²) in [6.07, 6.45) is 3.13. The molecule has 1 N–H and O–H groups in total. The number of carbonyl (C=O) groups excluding carboxylic acids is 2. The van der Waals surface area contributed by atoms with Crippen molar-refractivity contribution in [2.24, 2.45) is 5.92 Å². The third kappa shape index (κ3) is 4.28. The zero-order valence-corrected chi connectivity index (χ0v) is 16.5. The molecule has 9 heteroatoms. The highest BCUT2D eigenvalue weighted by atomic mass is 16.5. The van der Waals surface area contributed by atoms with Crippen LogP contribution in [0.4, 0.5) is 10.8 Å².